The zero-order valence-electron chi connectivity index (χ0n) is 11.1. The Balaban J connectivity index is 2.07. The van der Waals surface area contributed by atoms with Gasteiger partial charge >= 0.3 is 5.97 Å². The Morgan fingerprint density at radius 1 is 1.52 bits per heavy atom. The Kier molecular flexibility index (Phi) is 3.71. The molecule has 0 radical (unpaired) electrons. The van der Waals surface area contributed by atoms with Crippen LogP contribution in [0.2, 0.25) is 5.02 Å². The summed E-state index contributed by atoms with van der Waals surface area (Å²) in [4.78, 5) is 11.4. The normalized spacial score (nSPS) is 27.1. The van der Waals surface area contributed by atoms with Gasteiger partial charge in [-0.1, -0.05) is 11.6 Å². The minimum atomic E-state index is -4.00. The number of nitrogens with zero attached hydrogens (tertiary/aromatic N) is 3. The van der Waals surface area contributed by atoms with Gasteiger partial charge < -0.3 is 5.11 Å². The van der Waals surface area contributed by atoms with E-state index in [4.69, 9.17) is 11.6 Å². The molecule has 1 saturated carbocycles. The first-order chi connectivity index (χ1) is 9.84. The molecule has 1 aromatic heterocycles. The van der Waals surface area contributed by atoms with Crippen LogP contribution < -0.4 is 0 Å². The number of aryl methyl sites for hydroxylation is 1. The molecule has 21 heavy (non-hydrogen) atoms. The molecule has 2 unspecified atom stereocenters. The topological polar surface area (TPSA) is 92.5 Å². The van der Waals surface area contributed by atoms with Crippen molar-refractivity contribution in [2.45, 2.75) is 29.3 Å². The molecule has 0 bridgehead atoms. The van der Waals surface area contributed by atoms with E-state index in [-0.39, 0.29) is 27.1 Å². The van der Waals surface area contributed by atoms with Crippen LogP contribution in [0.4, 0.5) is 0 Å². The van der Waals surface area contributed by atoms with Crippen LogP contribution in [0, 0.1) is 5.92 Å². The van der Waals surface area contributed by atoms with Gasteiger partial charge in [-0.3, -0.25) is 9.48 Å². The number of aliphatic carboxylic acids is 1. The molecule has 3 rings (SSSR count). The lowest BCUT2D eigenvalue weighted by Crippen LogP contribution is -2.46. The van der Waals surface area contributed by atoms with Crippen molar-refractivity contribution in [2.24, 2.45) is 13.0 Å². The highest BCUT2D eigenvalue weighted by molar-refractivity contribution is 8.01. The van der Waals surface area contributed by atoms with Crippen LogP contribution in [0.5, 0.6) is 0 Å². The second-order valence-corrected chi connectivity index (χ2v) is 8.49. The average molecular weight is 352 g/mol. The molecule has 2 aliphatic rings. The van der Waals surface area contributed by atoms with Crippen LogP contribution in [0.3, 0.4) is 0 Å². The lowest BCUT2D eigenvalue weighted by molar-refractivity contribution is -0.140. The molecule has 1 N–H and O–H groups in total. The third-order valence-electron chi connectivity index (χ3n) is 3.66. The quantitative estimate of drug-likeness (QED) is 0.870. The Morgan fingerprint density at radius 2 is 2.19 bits per heavy atom. The van der Waals surface area contributed by atoms with Gasteiger partial charge in [0.25, 0.3) is 10.0 Å². The van der Waals surface area contributed by atoms with Crippen molar-refractivity contribution in [3.05, 3.63) is 11.2 Å². The second-order valence-electron chi connectivity index (χ2n) is 5.17. The molecule has 2 fully saturated rings. The molecule has 0 aromatic carbocycles. The summed E-state index contributed by atoms with van der Waals surface area (Å²) in [6, 6.07) is -1.06. The SMILES string of the molecule is Cn1ncc(Cl)c1S(=O)(=O)N1C(C(=O)O)CSC1C1CC1. The highest BCUT2D eigenvalue weighted by Gasteiger charge is 2.52. The van der Waals surface area contributed by atoms with Gasteiger partial charge in [-0.2, -0.15) is 9.40 Å². The predicted molar refractivity (Wildman–Crippen MR) is 77.6 cm³/mol. The number of halogens is 1. The zero-order chi connectivity index (χ0) is 15.4. The minimum absolute atomic E-state index is 0.00749. The molecule has 7 nitrogen and oxygen atoms in total. The summed E-state index contributed by atoms with van der Waals surface area (Å²) in [5.74, 6) is -0.654. The molecule has 0 spiro atoms. The van der Waals surface area contributed by atoms with E-state index in [0.717, 1.165) is 17.1 Å². The minimum Gasteiger partial charge on any atom is -0.480 e. The molecule has 2 atom stereocenters. The van der Waals surface area contributed by atoms with Gasteiger partial charge in [0, 0.05) is 12.8 Å². The zero-order valence-corrected chi connectivity index (χ0v) is 13.5. The van der Waals surface area contributed by atoms with Gasteiger partial charge in [0.2, 0.25) is 0 Å². The third-order valence-corrected chi connectivity index (χ3v) is 7.65. The van der Waals surface area contributed by atoms with E-state index in [1.165, 1.54) is 29.7 Å². The molecule has 2 heterocycles. The van der Waals surface area contributed by atoms with Crippen molar-refractivity contribution in [2.75, 3.05) is 5.75 Å². The maximum Gasteiger partial charge on any atom is 0.322 e. The molecule has 10 heteroatoms. The van der Waals surface area contributed by atoms with Gasteiger partial charge in [-0.05, 0) is 18.8 Å². The molecule has 0 amide bonds. The maximum absolute atomic E-state index is 12.9. The van der Waals surface area contributed by atoms with Crippen molar-refractivity contribution >= 4 is 39.4 Å². The van der Waals surface area contributed by atoms with Crippen molar-refractivity contribution in [3.8, 4) is 0 Å². The number of carboxylic acids is 1. The Morgan fingerprint density at radius 3 is 2.67 bits per heavy atom. The number of thioether (sulfide) groups is 1. The largest absolute Gasteiger partial charge is 0.480 e. The Hall–Kier alpha value is -0.770. The van der Waals surface area contributed by atoms with Gasteiger partial charge in [0.1, 0.15) is 6.04 Å². The monoisotopic (exact) mass is 351 g/mol. The smallest absolute Gasteiger partial charge is 0.322 e. The first-order valence-electron chi connectivity index (χ1n) is 6.39. The summed E-state index contributed by atoms with van der Waals surface area (Å²) in [7, 11) is -2.53. The fourth-order valence-electron chi connectivity index (χ4n) is 2.51. The maximum atomic E-state index is 12.9. The first kappa shape index (κ1) is 15.1. The van der Waals surface area contributed by atoms with E-state index in [1.54, 1.807) is 0 Å². The third kappa shape index (κ3) is 2.45. The molecule has 1 aliphatic heterocycles. The van der Waals surface area contributed by atoms with E-state index >= 15 is 0 Å². The number of sulfonamides is 1. The Labute approximate surface area is 131 Å². The fourth-order valence-corrected chi connectivity index (χ4v) is 6.93. The number of hydrogen-bond donors (Lipinski definition) is 1. The standard InChI is InChI=1S/C11H14ClN3O4S2/c1-14-10(7(12)4-13-14)21(18,19)15-8(11(16)17)5-20-9(15)6-2-3-6/h4,6,8-9H,2-3,5H2,1H3,(H,16,17). The first-order valence-corrected chi connectivity index (χ1v) is 9.26. The van der Waals surface area contributed by atoms with Gasteiger partial charge in [0.15, 0.2) is 5.03 Å². The molecule has 1 saturated heterocycles. The number of rotatable bonds is 4. The second kappa shape index (κ2) is 5.15. The predicted octanol–water partition coefficient (Wildman–Crippen LogP) is 1.00. The lowest BCUT2D eigenvalue weighted by atomic mass is 10.3. The highest BCUT2D eigenvalue weighted by Crippen LogP contribution is 2.47. The van der Waals surface area contributed by atoms with Crippen molar-refractivity contribution in [1.29, 1.82) is 0 Å². The van der Waals surface area contributed by atoms with E-state index in [0.29, 0.717) is 0 Å². The summed E-state index contributed by atoms with van der Waals surface area (Å²) in [6.45, 7) is 0. The number of aromatic nitrogens is 2. The van der Waals surface area contributed by atoms with Crippen LogP contribution in [0.15, 0.2) is 11.2 Å². The van der Waals surface area contributed by atoms with Gasteiger partial charge in [-0.25, -0.2) is 8.42 Å². The van der Waals surface area contributed by atoms with Crippen LogP contribution in [0.1, 0.15) is 12.8 Å². The fraction of sp³-hybridized carbons (Fsp3) is 0.636. The number of carbonyl (C=O) groups is 1. The van der Waals surface area contributed by atoms with Crippen LogP contribution in [0.25, 0.3) is 0 Å². The summed E-state index contributed by atoms with van der Waals surface area (Å²) in [5.41, 5.74) is 0. The van der Waals surface area contributed by atoms with Crippen LogP contribution in [-0.4, -0.2) is 50.7 Å². The van der Waals surface area contributed by atoms with Crippen molar-refractivity contribution in [1.82, 2.24) is 14.1 Å². The van der Waals surface area contributed by atoms with Crippen LogP contribution >= 0.6 is 23.4 Å². The molecular weight excluding hydrogens is 338 g/mol. The van der Waals surface area contributed by atoms with E-state index in [1.807, 2.05) is 0 Å². The summed E-state index contributed by atoms with van der Waals surface area (Å²) in [6.07, 6.45) is 3.10. The van der Waals surface area contributed by atoms with E-state index < -0.39 is 22.0 Å². The van der Waals surface area contributed by atoms with E-state index in [2.05, 4.69) is 5.10 Å². The van der Waals surface area contributed by atoms with E-state index in [9.17, 15) is 18.3 Å². The lowest BCUT2D eigenvalue weighted by Gasteiger charge is -2.26. The summed E-state index contributed by atoms with van der Waals surface area (Å²) >= 11 is 7.32. The van der Waals surface area contributed by atoms with Gasteiger partial charge in [0.05, 0.1) is 16.6 Å². The summed E-state index contributed by atoms with van der Waals surface area (Å²) in [5, 5.41) is 12.7. The molecule has 116 valence electrons. The summed E-state index contributed by atoms with van der Waals surface area (Å²) < 4.78 is 28.1. The van der Waals surface area contributed by atoms with Crippen molar-refractivity contribution in [3.63, 3.8) is 0 Å². The molecule has 1 aromatic rings. The Bertz CT molecular complexity index is 666. The molecule has 1 aliphatic carbocycles. The average Bonchev–Trinajstić information content (AvgIpc) is 3.03. The molecular formula is C11H14ClN3O4S2. The number of hydrogen-bond acceptors (Lipinski definition) is 5. The highest BCUT2D eigenvalue weighted by atomic mass is 35.5. The van der Waals surface area contributed by atoms with Gasteiger partial charge in [-0.15, -0.1) is 11.8 Å². The van der Waals surface area contributed by atoms with Crippen LogP contribution in [-0.2, 0) is 21.9 Å². The van der Waals surface area contributed by atoms with Crippen molar-refractivity contribution < 1.29 is 18.3 Å². The number of carboxylic acid groups (broad SMARTS) is 1.